The Labute approximate surface area is 209 Å². The van der Waals surface area contributed by atoms with Crippen molar-refractivity contribution in [3.05, 3.63) is 29.3 Å². The zero-order valence-electron chi connectivity index (χ0n) is 21.2. The molecular weight excluding hydrogens is 436 g/mol. The van der Waals surface area contributed by atoms with E-state index in [1.165, 1.54) is 58.0 Å². The first kappa shape index (κ1) is 21.3. The summed E-state index contributed by atoms with van der Waals surface area (Å²) in [5.74, 6) is 3.22. The predicted molar refractivity (Wildman–Crippen MR) is 135 cm³/mol. The highest BCUT2D eigenvalue weighted by Crippen LogP contribution is 2.75. The summed E-state index contributed by atoms with van der Waals surface area (Å²) in [5, 5.41) is 3.41. The minimum atomic E-state index is 0.214. The van der Waals surface area contributed by atoms with Crippen molar-refractivity contribution in [2.75, 3.05) is 52.9 Å². The number of ether oxygens (including phenoxy) is 1. The fourth-order valence-electron chi connectivity index (χ4n) is 10.3. The average Bonchev–Trinajstić information content (AvgIpc) is 3.59. The first-order valence-corrected chi connectivity index (χ1v) is 14.3. The number of benzene rings is 1. The number of hydrogen-bond acceptors (Lipinski definition) is 4. The number of urea groups is 1. The van der Waals surface area contributed by atoms with Crippen molar-refractivity contribution in [3.8, 4) is 5.75 Å². The number of likely N-dealkylation sites (tertiary alicyclic amines) is 2. The molecule has 0 radical (unpaired) electrons. The van der Waals surface area contributed by atoms with Crippen LogP contribution in [-0.2, 0) is 11.8 Å². The van der Waals surface area contributed by atoms with E-state index >= 15 is 0 Å². The number of amides is 2. The summed E-state index contributed by atoms with van der Waals surface area (Å²) in [6.45, 7) is 7.10. The van der Waals surface area contributed by atoms with Crippen LogP contribution in [0.15, 0.2) is 18.2 Å². The summed E-state index contributed by atoms with van der Waals surface area (Å²) >= 11 is 0. The number of carbonyl (C=O) groups excluding carboxylic acids is 1. The van der Waals surface area contributed by atoms with E-state index in [1.54, 1.807) is 11.1 Å². The molecule has 35 heavy (non-hydrogen) atoms. The van der Waals surface area contributed by atoms with Crippen LogP contribution in [0.25, 0.3) is 0 Å². The monoisotopic (exact) mass is 476 g/mol. The summed E-state index contributed by atoms with van der Waals surface area (Å²) < 4.78 is 5.79. The normalized spacial score (nSPS) is 41.5. The van der Waals surface area contributed by atoms with E-state index in [1.807, 2.05) is 7.11 Å². The van der Waals surface area contributed by atoms with Gasteiger partial charge in [-0.2, -0.15) is 0 Å². The van der Waals surface area contributed by atoms with Crippen LogP contribution < -0.4 is 10.1 Å². The molecule has 7 aliphatic rings. The van der Waals surface area contributed by atoms with Crippen molar-refractivity contribution in [3.63, 3.8) is 0 Å². The van der Waals surface area contributed by atoms with Crippen LogP contribution in [0.5, 0.6) is 5.75 Å². The highest BCUT2D eigenvalue weighted by Gasteiger charge is 2.76. The van der Waals surface area contributed by atoms with Gasteiger partial charge >= 0.3 is 6.03 Å². The molecule has 1 aromatic carbocycles. The number of hydrogen-bond donors (Lipinski definition) is 1. The Morgan fingerprint density at radius 3 is 2.80 bits per heavy atom. The van der Waals surface area contributed by atoms with E-state index in [0.717, 1.165) is 44.4 Å². The molecule has 2 amide bonds. The first-order valence-electron chi connectivity index (χ1n) is 14.3. The summed E-state index contributed by atoms with van der Waals surface area (Å²) in [5.41, 5.74) is 3.77. The van der Waals surface area contributed by atoms with Crippen LogP contribution in [0, 0.1) is 23.2 Å². The fourth-order valence-corrected chi connectivity index (χ4v) is 10.3. The molecule has 3 heterocycles. The number of rotatable bonds is 3. The molecule has 8 rings (SSSR count). The summed E-state index contributed by atoms with van der Waals surface area (Å²) in [6.07, 6.45) is 9.16. The lowest BCUT2D eigenvalue weighted by atomic mass is 9.43. The van der Waals surface area contributed by atoms with E-state index < -0.39 is 0 Å². The maximum Gasteiger partial charge on any atom is 0.320 e. The van der Waals surface area contributed by atoms with Crippen molar-refractivity contribution in [2.24, 2.45) is 23.2 Å². The highest BCUT2D eigenvalue weighted by molar-refractivity contribution is 5.76. The molecule has 6 nitrogen and oxygen atoms in total. The van der Waals surface area contributed by atoms with E-state index in [2.05, 4.69) is 38.2 Å². The molecular formula is C29H40N4O2. The topological polar surface area (TPSA) is 48.1 Å². The van der Waals surface area contributed by atoms with Gasteiger partial charge in [-0.05, 0) is 97.9 Å². The number of nitrogens with zero attached hydrogens (tertiary/aromatic N) is 3. The van der Waals surface area contributed by atoms with E-state index in [9.17, 15) is 4.79 Å². The minimum Gasteiger partial charge on any atom is -0.497 e. The van der Waals surface area contributed by atoms with Gasteiger partial charge in [0.05, 0.1) is 7.11 Å². The predicted octanol–water partition coefficient (Wildman–Crippen LogP) is 3.10. The zero-order chi connectivity index (χ0) is 23.4. The number of fused-ring (bicyclic) bond motifs is 1. The van der Waals surface area contributed by atoms with Crippen molar-refractivity contribution >= 4 is 6.03 Å². The Hall–Kier alpha value is -1.79. The van der Waals surface area contributed by atoms with Crippen LogP contribution in [0.2, 0.25) is 0 Å². The van der Waals surface area contributed by atoms with Crippen LogP contribution in [0.3, 0.4) is 0 Å². The summed E-state index contributed by atoms with van der Waals surface area (Å²) in [4.78, 5) is 21.2. The quantitative estimate of drug-likeness (QED) is 0.729. The average molecular weight is 477 g/mol. The second kappa shape index (κ2) is 7.38. The molecule has 0 spiro atoms. The number of piperidine rings is 1. The Balaban J connectivity index is 1.22. The molecule has 4 aliphatic carbocycles. The molecule has 6 atom stereocenters. The van der Waals surface area contributed by atoms with Crippen molar-refractivity contribution in [1.29, 1.82) is 0 Å². The molecule has 188 valence electrons. The smallest absolute Gasteiger partial charge is 0.320 e. The molecule has 6 fully saturated rings. The van der Waals surface area contributed by atoms with E-state index in [-0.39, 0.29) is 5.41 Å². The maximum atomic E-state index is 13.8. The van der Waals surface area contributed by atoms with Gasteiger partial charge in [-0.25, -0.2) is 4.79 Å². The molecule has 3 saturated heterocycles. The van der Waals surface area contributed by atoms with Crippen LogP contribution in [-0.4, -0.2) is 85.7 Å². The first-order chi connectivity index (χ1) is 17.1. The third-order valence-corrected chi connectivity index (χ3v) is 11.6. The summed E-state index contributed by atoms with van der Waals surface area (Å²) in [7, 11) is 1.81. The van der Waals surface area contributed by atoms with Gasteiger partial charge in [0.1, 0.15) is 5.75 Å². The van der Waals surface area contributed by atoms with Crippen molar-refractivity contribution in [2.45, 2.75) is 62.4 Å². The third kappa shape index (κ3) is 2.71. The summed E-state index contributed by atoms with van der Waals surface area (Å²) in [6, 6.07) is 8.40. The largest absolute Gasteiger partial charge is 0.497 e. The molecule has 0 aromatic heterocycles. The standard InChI is InChI=1S/C29H40N4O2/c1-35-22-5-4-20-14-25-28-7-6-24-26(21(16-28)18-33(24)27(34)31-12-9-30-10-13-31)29(28,23(20)15-22)8-11-32(25)17-19-2-3-19/h4-5,15,19,21,24-26,30H,2-3,6-14,16-18H2,1H3/t21-,24?,25-,26?,28-,29+/m1/s1. The van der Waals surface area contributed by atoms with E-state index in [4.69, 9.17) is 4.74 Å². The van der Waals surface area contributed by atoms with E-state index in [0.29, 0.717) is 35.4 Å². The molecule has 1 aromatic rings. The second-order valence-corrected chi connectivity index (χ2v) is 12.8. The fraction of sp³-hybridized carbons (Fsp3) is 0.759. The third-order valence-electron chi connectivity index (χ3n) is 11.6. The van der Waals surface area contributed by atoms with Crippen LogP contribution in [0.1, 0.15) is 49.7 Å². The Morgan fingerprint density at radius 1 is 1.14 bits per heavy atom. The zero-order valence-corrected chi connectivity index (χ0v) is 21.2. The minimum absolute atomic E-state index is 0.214. The molecule has 3 aliphatic heterocycles. The number of piperazine rings is 1. The van der Waals surface area contributed by atoms with Crippen LogP contribution in [0.4, 0.5) is 4.79 Å². The van der Waals surface area contributed by atoms with Gasteiger partial charge in [0.15, 0.2) is 0 Å². The SMILES string of the molecule is COc1ccc2c(c1)[C@]13CCN(CC4CC4)[C@H](C2)[C@]12CCC1C3[C@@H](CN1C(=O)N1CCNCC1)C2. The van der Waals surface area contributed by atoms with Crippen molar-refractivity contribution < 1.29 is 9.53 Å². The molecule has 4 bridgehead atoms. The highest BCUT2D eigenvalue weighted by atomic mass is 16.5. The maximum absolute atomic E-state index is 13.8. The van der Waals surface area contributed by atoms with Crippen LogP contribution >= 0.6 is 0 Å². The lowest BCUT2D eigenvalue weighted by Gasteiger charge is -2.66. The number of carbonyl (C=O) groups is 1. The Kier molecular flexibility index (Phi) is 4.49. The Bertz CT molecular complexity index is 1050. The Morgan fingerprint density at radius 2 is 2.00 bits per heavy atom. The second-order valence-electron chi connectivity index (χ2n) is 12.8. The number of nitrogens with one attached hydrogen (secondary N) is 1. The molecule has 3 saturated carbocycles. The number of methoxy groups -OCH3 is 1. The van der Waals surface area contributed by atoms with Gasteiger partial charge in [-0.3, -0.25) is 4.90 Å². The lowest BCUT2D eigenvalue weighted by molar-refractivity contribution is -0.102. The molecule has 1 N–H and O–H groups in total. The van der Waals surface area contributed by atoms with Gasteiger partial charge in [0, 0.05) is 56.8 Å². The van der Waals surface area contributed by atoms with Gasteiger partial charge in [-0.1, -0.05) is 6.07 Å². The molecule has 6 heteroatoms. The van der Waals surface area contributed by atoms with Gasteiger partial charge in [-0.15, -0.1) is 0 Å². The van der Waals surface area contributed by atoms with Gasteiger partial charge in [0.2, 0.25) is 0 Å². The molecule has 2 unspecified atom stereocenters. The lowest BCUT2D eigenvalue weighted by Crippen LogP contribution is -2.70. The van der Waals surface area contributed by atoms with Gasteiger partial charge in [0.25, 0.3) is 0 Å². The van der Waals surface area contributed by atoms with Crippen molar-refractivity contribution in [1.82, 2.24) is 20.0 Å². The van der Waals surface area contributed by atoms with Gasteiger partial charge < -0.3 is 19.9 Å².